The largest absolute Gasteiger partial charge is 0.359 e. The van der Waals surface area contributed by atoms with Gasteiger partial charge in [0.15, 0.2) is 5.13 Å². The van der Waals surface area contributed by atoms with Crippen molar-refractivity contribution in [3.05, 3.63) is 45.2 Å². The highest BCUT2D eigenvalue weighted by atomic mass is 32.1. The Morgan fingerprint density at radius 1 is 1.35 bits per heavy atom. The van der Waals surface area contributed by atoms with E-state index in [1.54, 1.807) is 11.3 Å². The molecule has 3 N–H and O–H groups in total. The summed E-state index contributed by atoms with van der Waals surface area (Å²) in [5.74, 6) is 0.691. The maximum Gasteiger partial charge on any atom is 0.271 e. The van der Waals surface area contributed by atoms with Gasteiger partial charge in [-0.3, -0.25) is 15.0 Å². The Labute approximate surface area is 138 Å². The van der Waals surface area contributed by atoms with E-state index in [1.165, 1.54) is 29.7 Å². The molecule has 23 heavy (non-hydrogen) atoms. The van der Waals surface area contributed by atoms with Crippen LogP contribution in [0.4, 0.5) is 5.13 Å². The van der Waals surface area contributed by atoms with Gasteiger partial charge in [-0.15, -0.1) is 11.3 Å². The Balaban J connectivity index is 1.40. The van der Waals surface area contributed by atoms with Gasteiger partial charge >= 0.3 is 0 Å². The number of thiazole rings is 1. The summed E-state index contributed by atoms with van der Waals surface area (Å²) in [6, 6.07) is 6.62. The molecule has 2 atom stereocenters. The second-order valence-corrected chi connectivity index (χ2v) is 7.69. The molecule has 120 valence electrons. The number of aromatic amines is 2. The third kappa shape index (κ3) is 3.03. The summed E-state index contributed by atoms with van der Waals surface area (Å²) in [6.45, 7) is 2.09. The minimum atomic E-state index is -0.0459. The second kappa shape index (κ2) is 5.85. The zero-order valence-electron chi connectivity index (χ0n) is 13.1. The molecule has 2 heterocycles. The number of nitrogens with one attached hydrogen (secondary N) is 3. The Kier molecular flexibility index (Phi) is 3.69. The monoisotopic (exact) mass is 328 g/mol. The molecular formula is C17H20N4OS. The predicted octanol–water partition coefficient (Wildman–Crippen LogP) is 3.44. The molecule has 1 aliphatic carbocycles. The van der Waals surface area contributed by atoms with Gasteiger partial charge in [0.05, 0.1) is 10.9 Å². The van der Waals surface area contributed by atoms with Crippen molar-refractivity contribution in [2.24, 2.45) is 5.92 Å². The lowest BCUT2D eigenvalue weighted by molar-refractivity contribution is 0.540. The number of benzene rings is 1. The first-order valence-electron chi connectivity index (χ1n) is 8.05. The zero-order chi connectivity index (χ0) is 15.8. The standard InChI is InChI=1S/C17H20N4OS/c1-10-9-18-17(23-10)19-13-4-2-11(7-13)6-12-3-5-14-15(8-12)20-21-16(14)22/h3,5,8-9,11,13H,2,4,6-7H2,1H3,(H,18,19)(H2,20,21,22). The summed E-state index contributed by atoms with van der Waals surface area (Å²) in [7, 11) is 0. The van der Waals surface area contributed by atoms with Crippen molar-refractivity contribution in [2.45, 2.75) is 38.6 Å². The van der Waals surface area contributed by atoms with Gasteiger partial charge in [-0.2, -0.15) is 0 Å². The van der Waals surface area contributed by atoms with Crippen LogP contribution in [-0.2, 0) is 6.42 Å². The molecule has 0 bridgehead atoms. The normalized spacial score (nSPS) is 21.1. The van der Waals surface area contributed by atoms with Crippen molar-refractivity contribution in [3.8, 4) is 0 Å². The van der Waals surface area contributed by atoms with Crippen molar-refractivity contribution >= 4 is 27.4 Å². The first kappa shape index (κ1) is 14.5. The molecule has 1 saturated carbocycles. The highest BCUT2D eigenvalue weighted by molar-refractivity contribution is 7.15. The maximum absolute atomic E-state index is 11.6. The van der Waals surface area contributed by atoms with E-state index in [4.69, 9.17) is 0 Å². The van der Waals surface area contributed by atoms with E-state index >= 15 is 0 Å². The van der Waals surface area contributed by atoms with Crippen molar-refractivity contribution in [3.63, 3.8) is 0 Å². The molecule has 6 heteroatoms. The number of hydrogen-bond acceptors (Lipinski definition) is 4. The van der Waals surface area contributed by atoms with Crippen LogP contribution < -0.4 is 10.9 Å². The van der Waals surface area contributed by atoms with E-state index in [2.05, 4.69) is 39.6 Å². The average molecular weight is 328 g/mol. The molecule has 3 aromatic rings. The number of anilines is 1. The number of rotatable bonds is 4. The molecule has 1 aliphatic rings. The third-order valence-electron chi connectivity index (χ3n) is 4.65. The van der Waals surface area contributed by atoms with Gasteiger partial charge in [0.1, 0.15) is 0 Å². The molecule has 4 rings (SSSR count). The Bertz CT molecular complexity index is 878. The molecule has 1 fully saturated rings. The van der Waals surface area contributed by atoms with Crippen LogP contribution in [0.25, 0.3) is 10.9 Å². The number of nitrogens with zero attached hydrogens (tertiary/aromatic N) is 1. The summed E-state index contributed by atoms with van der Waals surface area (Å²) in [4.78, 5) is 17.2. The van der Waals surface area contributed by atoms with Gasteiger partial charge in [-0.05, 0) is 56.2 Å². The van der Waals surface area contributed by atoms with Crippen molar-refractivity contribution in [2.75, 3.05) is 5.32 Å². The van der Waals surface area contributed by atoms with Crippen LogP contribution in [0.5, 0.6) is 0 Å². The van der Waals surface area contributed by atoms with E-state index < -0.39 is 0 Å². The summed E-state index contributed by atoms with van der Waals surface area (Å²) >= 11 is 1.72. The lowest BCUT2D eigenvalue weighted by Crippen LogP contribution is -2.15. The Hall–Kier alpha value is -2.08. The van der Waals surface area contributed by atoms with Crippen molar-refractivity contribution < 1.29 is 0 Å². The van der Waals surface area contributed by atoms with Gasteiger partial charge in [0.2, 0.25) is 0 Å². The summed E-state index contributed by atoms with van der Waals surface area (Å²) in [5.41, 5.74) is 2.15. The van der Waals surface area contributed by atoms with Crippen LogP contribution in [0.1, 0.15) is 29.7 Å². The van der Waals surface area contributed by atoms with Crippen LogP contribution in [0.15, 0.2) is 29.2 Å². The number of hydrogen-bond donors (Lipinski definition) is 3. The summed E-state index contributed by atoms with van der Waals surface area (Å²) in [6.07, 6.45) is 6.61. The van der Waals surface area contributed by atoms with Gasteiger partial charge in [0.25, 0.3) is 5.56 Å². The fourth-order valence-electron chi connectivity index (χ4n) is 3.53. The van der Waals surface area contributed by atoms with Gasteiger partial charge in [-0.1, -0.05) is 6.07 Å². The van der Waals surface area contributed by atoms with E-state index in [9.17, 15) is 4.79 Å². The molecule has 2 unspecified atom stereocenters. The maximum atomic E-state index is 11.6. The van der Waals surface area contributed by atoms with E-state index in [-0.39, 0.29) is 5.56 Å². The van der Waals surface area contributed by atoms with E-state index in [1.807, 2.05) is 12.3 Å². The minimum absolute atomic E-state index is 0.0459. The molecule has 0 spiro atoms. The third-order valence-corrected chi connectivity index (χ3v) is 5.50. The Morgan fingerprint density at radius 3 is 3.09 bits per heavy atom. The van der Waals surface area contributed by atoms with E-state index in [0.717, 1.165) is 22.5 Å². The minimum Gasteiger partial charge on any atom is -0.359 e. The summed E-state index contributed by atoms with van der Waals surface area (Å²) < 4.78 is 0. The smallest absolute Gasteiger partial charge is 0.271 e. The average Bonchev–Trinajstić information content (AvgIpc) is 3.23. The van der Waals surface area contributed by atoms with E-state index in [0.29, 0.717) is 12.0 Å². The first-order valence-corrected chi connectivity index (χ1v) is 8.87. The number of aromatic nitrogens is 3. The highest BCUT2D eigenvalue weighted by Crippen LogP contribution is 2.32. The van der Waals surface area contributed by atoms with Crippen LogP contribution in [0.2, 0.25) is 0 Å². The predicted molar refractivity (Wildman–Crippen MR) is 94.2 cm³/mol. The van der Waals surface area contributed by atoms with Gasteiger partial charge < -0.3 is 5.32 Å². The van der Waals surface area contributed by atoms with Crippen molar-refractivity contribution in [1.29, 1.82) is 0 Å². The molecule has 0 aliphatic heterocycles. The van der Waals surface area contributed by atoms with Crippen LogP contribution >= 0.6 is 11.3 Å². The first-order chi connectivity index (χ1) is 11.2. The molecule has 2 aromatic heterocycles. The SMILES string of the molecule is Cc1cnc(NC2CCC(Cc3ccc4c(=O)[nH][nH]c4c3)C2)s1. The Morgan fingerprint density at radius 2 is 2.26 bits per heavy atom. The van der Waals surface area contributed by atoms with Crippen molar-refractivity contribution in [1.82, 2.24) is 15.2 Å². The zero-order valence-corrected chi connectivity index (χ0v) is 13.9. The number of fused-ring (bicyclic) bond motifs is 1. The van der Waals surface area contributed by atoms with Crippen LogP contribution in [0.3, 0.4) is 0 Å². The van der Waals surface area contributed by atoms with Crippen LogP contribution in [-0.4, -0.2) is 21.2 Å². The fraction of sp³-hybridized carbons (Fsp3) is 0.412. The molecule has 1 aromatic carbocycles. The molecule has 5 nitrogen and oxygen atoms in total. The lowest BCUT2D eigenvalue weighted by atomic mass is 9.97. The van der Waals surface area contributed by atoms with Gasteiger partial charge in [-0.25, -0.2) is 4.98 Å². The highest BCUT2D eigenvalue weighted by Gasteiger charge is 2.25. The fourth-order valence-corrected chi connectivity index (χ4v) is 4.27. The number of H-pyrrole nitrogens is 2. The molecule has 0 amide bonds. The molecule has 0 saturated heterocycles. The summed E-state index contributed by atoms with van der Waals surface area (Å²) in [5, 5.41) is 10.9. The molecular weight excluding hydrogens is 308 g/mol. The van der Waals surface area contributed by atoms with Gasteiger partial charge in [0, 0.05) is 17.1 Å². The lowest BCUT2D eigenvalue weighted by Gasteiger charge is -2.12. The quantitative estimate of drug-likeness (QED) is 0.687. The topological polar surface area (TPSA) is 73.6 Å². The van der Waals surface area contributed by atoms with Crippen LogP contribution in [0, 0.1) is 12.8 Å². The second-order valence-electron chi connectivity index (χ2n) is 6.46. The molecule has 0 radical (unpaired) electrons. The number of aryl methyl sites for hydroxylation is 1.